The highest BCUT2D eigenvalue weighted by molar-refractivity contribution is 14.1. The number of benzene rings is 2. The smallest absolute Gasteiger partial charge is 0.251 e. The molecule has 0 aliphatic heterocycles. The van der Waals surface area contributed by atoms with E-state index >= 15 is 0 Å². The number of hydrogen-bond acceptors (Lipinski definition) is 3. The van der Waals surface area contributed by atoms with Crippen LogP contribution in [0.2, 0.25) is 0 Å². The molecule has 2 aromatic carbocycles. The summed E-state index contributed by atoms with van der Waals surface area (Å²) in [5.41, 5.74) is 8.66. The van der Waals surface area contributed by atoms with Gasteiger partial charge in [-0.1, -0.05) is 26.0 Å². The molecule has 0 aliphatic carbocycles. The summed E-state index contributed by atoms with van der Waals surface area (Å²) in [7, 11) is 1.63. The Bertz CT molecular complexity index is 790. The molecule has 0 radical (unpaired) electrons. The molecule has 5 N–H and O–H groups in total. The number of hydrogen-bond donors (Lipinski definition) is 3. The van der Waals surface area contributed by atoms with Crippen molar-refractivity contribution in [1.29, 1.82) is 0 Å². The van der Waals surface area contributed by atoms with Crippen LogP contribution < -0.4 is 21.2 Å². The van der Waals surface area contributed by atoms with E-state index in [1.54, 1.807) is 25.3 Å². The average Bonchev–Trinajstić information content (AvgIpc) is 2.59. The van der Waals surface area contributed by atoms with Gasteiger partial charge in [0.2, 0.25) is 3.72 Å². The Morgan fingerprint density at radius 2 is 1.96 bits per heavy atom. The van der Waals surface area contributed by atoms with E-state index < -0.39 is 0 Å². The van der Waals surface area contributed by atoms with Crippen LogP contribution in [0, 0.1) is 5.92 Å². The van der Waals surface area contributed by atoms with Crippen LogP contribution in [-0.2, 0) is 0 Å². The van der Waals surface area contributed by atoms with Crippen LogP contribution in [0.25, 0.3) is 0 Å². The van der Waals surface area contributed by atoms with Crippen LogP contribution in [0.1, 0.15) is 41.4 Å². The number of nitrogens with one attached hydrogen (secondary N) is 1. The Labute approximate surface area is 161 Å². The van der Waals surface area contributed by atoms with Gasteiger partial charge in [-0.25, -0.2) is 5.41 Å². The fourth-order valence-corrected chi connectivity index (χ4v) is 3.07. The molecular weight excluding hydrogens is 429 g/mol. The van der Waals surface area contributed by atoms with Crippen LogP contribution in [0.5, 0.6) is 5.75 Å². The highest BCUT2D eigenvalue weighted by Crippen LogP contribution is 2.26. The first-order chi connectivity index (χ1) is 11.8. The van der Waals surface area contributed by atoms with Crippen molar-refractivity contribution in [1.82, 2.24) is 5.32 Å². The van der Waals surface area contributed by atoms with E-state index in [0.717, 1.165) is 11.3 Å². The van der Waals surface area contributed by atoms with Crippen LogP contribution in [0.3, 0.4) is 0 Å². The lowest BCUT2D eigenvalue weighted by molar-refractivity contribution is -0.106. The van der Waals surface area contributed by atoms with Gasteiger partial charge in [-0.15, -0.1) is 0 Å². The summed E-state index contributed by atoms with van der Waals surface area (Å²) in [5, 5.41) is 8.93. The maximum absolute atomic E-state index is 12.7. The maximum Gasteiger partial charge on any atom is 0.251 e. The standard InChI is InChI=1S/C19H22IN3O2/c1-11(2)17(12-5-4-6-14(9-12)25-3)23-19(24)13-7-8-16(21)15(10-13)18(20)22/h4-11,17,22H,21H2,1-3H3,(H,23,24)/p+1. The Balaban J connectivity index is 2.29. The third-order valence-electron chi connectivity index (χ3n) is 3.98. The topological polar surface area (TPSA) is 89.9 Å². The average molecular weight is 452 g/mol. The lowest BCUT2D eigenvalue weighted by Gasteiger charge is -2.23. The molecule has 0 aliphatic rings. The lowest BCUT2D eigenvalue weighted by atomic mass is 9.95. The molecule has 1 amide bonds. The Kier molecular flexibility index (Phi) is 6.41. The highest BCUT2D eigenvalue weighted by Gasteiger charge is 2.21. The van der Waals surface area contributed by atoms with Crippen LogP contribution in [0.4, 0.5) is 5.69 Å². The number of carbonyl (C=O) groups excluding carboxylic acids is 1. The van der Waals surface area contributed by atoms with Gasteiger partial charge in [-0.05, 0) is 41.8 Å². The molecule has 0 spiro atoms. The third kappa shape index (κ3) is 4.72. The van der Waals surface area contributed by atoms with Gasteiger partial charge in [-0.3, -0.25) is 4.79 Å². The molecule has 0 bridgehead atoms. The molecule has 5 nitrogen and oxygen atoms in total. The van der Waals surface area contributed by atoms with E-state index in [2.05, 4.69) is 19.2 Å². The number of carbonyl (C=O) groups is 1. The van der Waals surface area contributed by atoms with E-state index in [1.165, 1.54) is 0 Å². The van der Waals surface area contributed by atoms with Gasteiger partial charge in [0.1, 0.15) is 5.75 Å². The number of halogens is 1. The molecule has 1 atom stereocenters. The molecule has 132 valence electrons. The van der Waals surface area contributed by atoms with Crippen LogP contribution >= 0.6 is 22.6 Å². The Hall–Kier alpha value is -2.09. The van der Waals surface area contributed by atoms with Crippen LogP contribution in [-0.4, -0.2) is 16.7 Å². The molecule has 0 saturated carbocycles. The van der Waals surface area contributed by atoms with E-state index in [9.17, 15) is 4.79 Å². The first-order valence-electron chi connectivity index (χ1n) is 7.96. The number of nitrogen functional groups attached to an aromatic ring is 1. The summed E-state index contributed by atoms with van der Waals surface area (Å²) in [5.74, 6) is 0.811. The van der Waals surface area contributed by atoms with Crippen molar-refractivity contribution in [2.75, 3.05) is 12.8 Å². The molecule has 0 heterocycles. The summed E-state index contributed by atoms with van der Waals surface area (Å²) in [4.78, 5) is 12.7. The van der Waals surface area contributed by atoms with E-state index in [1.807, 2.05) is 46.9 Å². The minimum absolute atomic E-state index is 0.135. The normalized spacial score (nSPS) is 11.9. The number of nitrogens with two attached hydrogens (primary N) is 2. The van der Waals surface area contributed by atoms with Gasteiger partial charge in [0.15, 0.2) is 0 Å². The molecule has 25 heavy (non-hydrogen) atoms. The molecule has 0 fully saturated rings. The van der Waals surface area contributed by atoms with Crippen molar-refractivity contribution in [3.05, 3.63) is 59.2 Å². The third-order valence-corrected chi connectivity index (χ3v) is 4.56. The second-order valence-electron chi connectivity index (χ2n) is 6.12. The summed E-state index contributed by atoms with van der Waals surface area (Å²) >= 11 is 2.00. The number of methoxy groups -OCH3 is 1. The van der Waals surface area contributed by atoms with E-state index in [-0.39, 0.29) is 17.9 Å². The zero-order chi connectivity index (χ0) is 18.6. The number of rotatable bonds is 6. The Morgan fingerprint density at radius 3 is 2.56 bits per heavy atom. The van der Waals surface area contributed by atoms with Crippen molar-refractivity contribution < 1.29 is 14.9 Å². The van der Waals surface area contributed by atoms with Crippen molar-refractivity contribution in [2.45, 2.75) is 19.9 Å². The Morgan fingerprint density at radius 1 is 1.24 bits per heavy atom. The summed E-state index contributed by atoms with van der Waals surface area (Å²) in [6.45, 7) is 4.13. The largest absolute Gasteiger partial charge is 0.497 e. The SMILES string of the molecule is COc1cccc(C(NC(=O)c2ccc(N)c(C(=[NH2+])I)c2)C(C)C)c1. The molecule has 6 heteroatoms. The molecule has 2 rings (SSSR count). The minimum atomic E-state index is -0.166. The number of ether oxygens (including phenoxy) is 1. The zero-order valence-corrected chi connectivity index (χ0v) is 16.7. The van der Waals surface area contributed by atoms with Gasteiger partial charge in [0.25, 0.3) is 5.91 Å². The number of amides is 1. The molecule has 0 saturated heterocycles. The second kappa shape index (κ2) is 8.33. The van der Waals surface area contributed by atoms with E-state index in [0.29, 0.717) is 20.5 Å². The monoisotopic (exact) mass is 452 g/mol. The van der Waals surface area contributed by atoms with Crippen molar-refractivity contribution in [2.24, 2.45) is 5.92 Å². The first kappa shape index (κ1) is 19.2. The number of anilines is 1. The predicted molar refractivity (Wildman–Crippen MR) is 109 cm³/mol. The summed E-state index contributed by atoms with van der Waals surface area (Å²) in [6.07, 6.45) is 0. The van der Waals surface area contributed by atoms with Gasteiger partial charge < -0.3 is 15.8 Å². The fourth-order valence-electron chi connectivity index (χ4n) is 2.60. The van der Waals surface area contributed by atoms with Crippen molar-refractivity contribution in [3.63, 3.8) is 0 Å². The van der Waals surface area contributed by atoms with Gasteiger partial charge in [-0.2, -0.15) is 0 Å². The van der Waals surface area contributed by atoms with Crippen molar-refractivity contribution in [3.8, 4) is 5.75 Å². The molecule has 0 aromatic heterocycles. The quantitative estimate of drug-likeness (QED) is 0.357. The van der Waals surface area contributed by atoms with Gasteiger partial charge in [0, 0.05) is 33.8 Å². The molecule has 2 aromatic rings. The highest BCUT2D eigenvalue weighted by atomic mass is 127. The van der Waals surface area contributed by atoms with Gasteiger partial charge >= 0.3 is 0 Å². The summed E-state index contributed by atoms with van der Waals surface area (Å²) < 4.78 is 5.84. The van der Waals surface area contributed by atoms with Gasteiger partial charge in [0.05, 0.1) is 18.7 Å². The zero-order valence-electron chi connectivity index (χ0n) is 14.5. The van der Waals surface area contributed by atoms with Crippen LogP contribution in [0.15, 0.2) is 42.5 Å². The second-order valence-corrected chi connectivity index (χ2v) is 7.28. The van der Waals surface area contributed by atoms with E-state index in [4.69, 9.17) is 15.9 Å². The first-order valence-corrected chi connectivity index (χ1v) is 9.04. The van der Waals surface area contributed by atoms with Crippen molar-refractivity contribution >= 4 is 37.9 Å². The fraction of sp³-hybridized carbons (Fsp3) is 0.263. The summed E-state index contributed by atoms with van der Waals surface area (Å²) in [6, 6.07) is 12.7. The molecule has 1 unspecified atom stereocenters. The predicted octanol–water partition coefficient (Wildman–Crippen LogP) is 2.35. The minimum Gasteiger partial charge on any atom is -0.497 e. The lowest BCUT2D eigenvalue weighted by Crippen LogP contribution is -2.37. The molecular formula is C19H23IN3O2+. The maximum atomic E-state index is 12.7.